The zero-order valence-electron chi connectivity index (χ0n) is 10.8. The fraction of sp³-hybridized carbons (Fsp3) is 0.583. The molecule has 1 amide bonds. The van der Waals surface area contributed by atoms with Crippen LogP contribution in [0, 0.1) is 13.8 Å². The molecule has 0 bridgehead atoms. The number of aryl methyl sites for hydroxylation is 2. The lowest BCUT2D eigenvalue weighted by Gasteiger charge is -2.13. The van der Waals surface area contributed by atoms with E-state index in [-0.39, 0.29) is 0 Å². The van der Waals surface area contributed by atoms with Crippen molar-refractivity contribution in [3.8, 4) is 0 Å². The van der Waals surface area contributed by atoms with Crippen molar-refractivity contribution in [2.45, 2.75) is 46.1 Å². The molecule has 1 atom stereocenters. The zero-order valence-corrected chi connectivity index (χ0v) is 11.6. The van der Waals surface area contributed by atoms with E-state index in [4.69, 9.17) is 5.11 Å². The fourth-order valence-electron chi connectivity index (χ4n) is 1.63. The number of carboxylic acids is 1. The second-order valence-electron chi connectivity index (χ2n) is 4.14. The number of hydrogen-bond acceptors (Lipinski definition) is 4. The van der Waals surface area contributed by atoms with Crippen molar-refractivity contribution < 1.29 is 14.7 Å². The summed E-state index contributed by atoms with van der Waals surface area (Å²) >= 11 is 1.43. The Morgan fingerprint density at radius 1 is 1.44 bits per heavy atom. The first-order chi connectivity index (χ1) is 8.45. The van der Waals surface area contributed by atoms with Gasteiger partial charge in [0.1, 0.15) is 11.7 Å². The monoisotopic (exact) mass is 270 g/mol. The van der Waals surface area contributed by atoms with Crippen molar-refractivity contribution in [1.29, 1.82) is 0 Å². The normalized spacial score (nSPS) is 12.2. The van der Waals surface area contributed by atoms with Crippen LogP contribution in [0.2, 0.25) is 0 Å². The Morgan fingerprint density at radius 2 is 2.11 bits per heavy atom. The minimum Gasteiger partial charge on any atom is -0.480 e. The molecule has 0 aromatic carbocycles. The molecule has 18 heavy (non-hydrogen) atoms. The van der Waals surface area contributed by atoms with E-state index in [1.807, 2.05) is 13.8 Å². The molecule has 1 unspecified atom stereocenters. The van der Waals surface area contributed by atoms with Crippen molar-refractivity contribution in [2.75, 3.05) is 0 Å². The van der Waals surface area contributed by atoms with Crippen LogP contribution in [-0.4, -0.2) is 28.0 Å². The van der Waals surface area contributed by atoms with Gasteiger partial charge in [-0.1, -0.05) is 19.8 Å². The topological polar surface area (TPSA) is 79.3 Å². The van der Waals surface area contributed by atoms with Crippen molar-refractivity contribution in [3.05, 3.63) is 15.6 Å². The second kappa shape index (κ2) is 6.49. The Hall–Kier alpha value is -1.43. The number of unbranched alkanes of at least 4 members (excludes halogenated alkanes) is 1. The molecule has 2 N–H and O–H groups in total. The number of carbonyl (C=O) groups is 2. The molecule has 0 aliphatic rings. The standard InChI is InChI=1S/C12H18N2O3S/c1-4-5-6-9(12(16)17)14-11(15)10-7(2)18-8(3)13-10/h9H,4-6H2,1-3H3,(H,14,15)(H,16,17). The molecular weight excluding hydrogens is 252 g/mol. The average Bonchev–Trinajstić information content (AvgIpc) is 2.63. The van der Waals surface area contributed by atoms with Gasteiger partial charge in [-0.2, -0.15) is 0 Å². The number of thiazole rings is 1. The molecule has 1 aromatic rings. The quantitative estimate of drug-likeness (QED) is 0.830. The molecule has 1 heterocycles. The van der Waals surface area contributed by atoms with Crippen LogP contribution in [0.1, 0.15) is 46.6 Å². The minimum atomic E-state index is -0.999. The van der Waals surface area contributed by atoms with Crippen molar-refractivity contribution >= 4 is 23.2 Å². The molecule has 0 radical (unpaired) electrons. The van der Waals surface area contributed by atoms with Gasteiger partial charge in [0.05, 0.1) is 5.01 Å². The molecule has 0 aliphatic carbocycles. The summed E-state index contributed by atoms with van der Waals surface area (Å²) in [5, 5.41) is 12.4. The largest absolute Gasteiger partial charge is 0.480 e. The van der Waals surface area contributed by atoms with Gasteiger partial charge < -0.3 is 10.4 Å². The summed E-state index contributed by atoms with van der Waals surface area (Å²) in [5.74, 6) is -1.40. The highest BCUT2D eigenvalue weighted by Crippen LogP contribution is 2.16. The summed E-state index contributed by atoms with van der Waals surface area (Å²) in [6, 6.07) is -0.834. The van der Waals surface area contributed by atoms with Gasteiger partial charge in [0.2, 0.25) is 0 Å². The number of nitrogens with zero attached hydrogens (tertiary/aromatic N) is 1. The van der Waals surface area contributed by atoms with Gasteiger partial charge in [-0.05, 0) is 20.3 Å². The fourth-order valence-corrected chi connectivity index (χ4v) is 2.45. The number of hydrogen-bond donors (Lipinski definition) is 2. The lowest BCUT2D eigenvalue weighted by molar-refractivity contribution is -0.139. The average molecular weight is 270 g/mol. The molecule has 0 aliphatic heterocycles. The molecule has 0 spiro atoms. The van der Waals surface area contributed by atoms with Crippen LogP contribution in [0.4, 0.5) is 0 Å². The molecule has 1 rings (SSSR count). The van der Waals surface area contributed by atoms with E-state index >= 15 is 0 Å². The molecular formula is C12H18N2O3S. The SMILES string of the molecule is CCCCC(NC(=O)c1nc(C)sc1C)C(=O)O. The van der Waals surface area contributed by atoms with Gasteiger partial charge in [0.25, 0.3) is 5.91 Å². The number of aliphatic carboxylic acids is 1. The minimum absolute atomic E-state index is 0.334. The van der Waals surface area contributed by atoms with Crippen LogP contribution in [0.25, 0.3) is 0 Å². The van der Waals surface area contributed by atoms with Gasteiger partial charge in [-0.15, -0.1) is 11.3 Å². The smallest absolute Gasteiger partial charge is 0.326 e. The van der Waals surface area contributed by atoms with Crippen molar-refractivity contribution in [1.82, 2.24) is 10.3 Å². The highest BCUT2D eigenvalue weighted by atomic mass is 32.1. The summed E-state index contributed by atoms with van der Waals surface area (Å²) in [7, 11) is 0. The maximum atomic E-state index is 11.9. The predicted molar refractivity (Wildman–Crippen MR) is 70.0 cm³/mol. The van der Waals surface area contributed by atoms with Crippen LogP contribution in [0.3, 0.4) is 0 Å². The Bertz CT molecular complexity index is 443. The van der Waals surface area contributed by atoms with Crippen LogP contribution < -0.4 is 5.32 Å². The lowest BCUT2D eigenvalue weighted by Crippen LogP contribution is -2.41. The zero-order chi connectivity index (χ0) is 13.7. The second-order valence-corrected chi connectivity index (χ2v) is 5.55. The van der Waals surface area contributed by atoms with E-state index in [0.29, 0.717) is 12.1 Å². The maximum Gasteiger partial charge on any atom is 0.326 e. The molecule has 0 saturated carbocycles. The summed E-state index contributed by atoms with van der Waals surface area (Å²) in [6.07, 6.45) is 2.11. The number of carboxylic acid groups (broad SMARTS) is 1. The van der Waals surface area contributed by atoms with Gasteiger partial charge in [-0.3, -0.25) is 4.79 Å². The molecule has 1 aromatic heterocycles. The van der Waals surface area contributed by atoms with Gasteiger partial charge in [-0.25, -0.2) is 9.78 Å². The third-order valence-electron chi connectivity index (χ3n) is 2.57. The number of carbonyl (C=O) groups excluding carboxylic acids is 1. The Balaban J connectivity index is 2.72. The van der Waals surface area contributed by atoms with Crippen LogP contribution in [-0.2, 0) is 4.79 Å². The molecule has 5 nitrogen and oxygen atoms in total. The van der Waals surface area contributed by atoms with E-state index in [2.05, 4.69) is 10.3 Å². The summed E-state index contributed by atoms with van der Waals surface area (Å²) in [6.45, 7) is 5.61. The number of rotatable bonds is 6. The molecule has 0 saturated heterocycles. The summed E-state index contributed by atoms with van der Waals surface area (Å²) in [5.41, 5.74) is 0.334. The van der Waals surface area contributed by atoms with Crippen molar-refractivity contribution in [2.24, 2.45) is 0 Å². The molecule has 100 valence electrons. The van der Waals surface area contributed by atoms with Crippen LogP contribution in [0.5, 0.6) is 0 Å². The number of aromatic nitrogens is 1. The van der Waals surface area contributed by atoms with Crippen LogP contribution in [0.15, 0.2) is 0 Å². The summed E-state index contributed by atoms with van der Waals surface area (Å²) < 4.78 is 0. The summed E-state index contributed by atoms with van der Waals surface area (Å²) in [4.78, 5) is 27.9. The van der Waals surface area contributed by atoms with E-state index in [1.54, 1.807) is 6.92 Å². The third kappa shape index (κ3) is 3.80. The lowest BCUT2D eigenvalue weighted by atomic mass is 10.1. The van der Waals surface area contributed by atoms with Crippen LogP contribution >= 0.6 is 11.3 Å². The van der Waals surface area contributed by atoms with Crippen molar-refractivity contribution in [3.63, 3.8) is 0 Å². The first-order valence-corrected chi connectivity index (χ1v) is 6.75. The van der Waals surface area contributed by atoms with E-state index in [9.17, 15) is 9.59 Å². The van der Waals surface area contributed by atoms with Gasteiger partial charge in [0.15, 0.2) is 0 Å². The highest BCUT2D eigenvalue weighted by Gasteiger charge is 2.22. The molecule has 0 fully saturated rings. The number of nitrogens with one attached hydrogen (secondary N) is 1. The molecule has 6 heteroatoms. The van der Waals surface area contributed by atoms with E-state index in [1.165, 1.54) is 11.3 Å². The first kappa shape index (κ1) is 14.6. The Labute approximate surface area is 110 Å². The van der Waals surface area contributed by atoms with E-state index < -0.39 is 17.9 Å². The van der Waals surface area contributed by atoms with Gasteiger partial charge >= 0.3 is 5.97 Å². The third-order valence-corrected chi connectivity index (χ3v) is 3.45. The number of amides is 1. The Kier molecular flexibility index (Phi) is 5.27. The van der Waals surface area contributed by atoms with Gasteiger partial charge in [0, 0.05) is 4.88 Å². The first-order valence-electron chi connectivity index (χ1n) is 5.93. The van der Waals surface area contributed by atoms with E-state index in [0.717, 1.165) is 22.7 Å². The predicted octanol–water partition coefficient (Wildman–Crippen LogP) is 2.13. The highest BCUT2D eigenvalue weighted by molar-refractivity contribution is 7.11. The maximum absolute atomic E-state index is 11.9. The Morgan fingerprint density at radius 3 is 2.56 bits per heavy atom.